The largest absolute Gasteiger partial charge is 0.495 e. The van der Waals surface area contributed by atoms with E-state index in [1.807, 2.05) is 19.1 Å². The Hall–Kier alpha value is -2.55. The number of hydrogen-bond acceptors (Lipinski definition) is 6. The lowest BCUT2D eigenvalue weighted by atomic mass is 10.2. The Labute approximate surface area is 188 Å². The number of morpholine rings is 1. The summed E-state index contributed by atoms with van der Waals surface area (Å²) >= 11 is 7.38. The second-order valence-corrected chi connectivity index (χ2v) is 8.81. The van der Waals surface area contributed by atoms with Gasteiger partial charge in [0.05, 0.1) is 42.2 Å². The summed E-state index contributed by atoms with van der Waals surface area (Å²) in [6.45, 7) is 4.00. The first kappa shape index (κ1) is 21.7. The van der Waals surface area contributed by atoms with E-state index in [1.165, 1.54) is 16.3 Å². The fourth-order valence-electron chi connectivity index (χ4n) is 3.49. The number of aromatic nitrogens is 2. The molecule has 0 spiro atoms. The molecule has 1 aliphatic heterocycles. The minimum Gasteiger partial charge on any atom is -0.495 e. The van der Waals surface area contributed by atoms with Gasteiger partial charge >= 0.3 is 0 Å². The van der Waals surface area contributed by atoms with Gasteiger partial charge in [0, 0.05) is 18.1 Å². The van der Waals surface area contributed by atoms with E-state index in [-0.39, 0.29) is 11.5 Å². The van der Waals surface area contributed by atoms with Gasteiger partial charge in [0.15, 0.2) is 5.16 Å². The van der Waals surface area contributed by atoms with Crippen LogP contribution in [0.4, 0.5) is 0 Å². The molecule has 1 unspecified atom stereocenters. The standard InChI is InChI=1S/C22H22ClN3O4S/c1-14(20(27)25-9-11-30-12-10-25)31-22-24-17-13-15(23)7-8-16(17)21(28)26(22)18-5-3-4-6-19(18)29-2/h3-8,13-14H,9-12H2,1-2H3. The molecule has 0 radical (unpaired) electrons. The number of amides is 1. The molecule has 4 rings (SSSR count). The Morgan fingerprint density at radius 3 is 2.71 bits per heavy atom. The molecule has 0 N–H and O–H groups in total. The molecular weight excluding hydrogens is 438 g/mol. The molecular formula is C22H22ClN3O4S. The lowest BCUT2D eigenvalue weighted by molar-refractivity contribution is -0.134. The molecule has 162 valence electrons. The molecule has 0 aliphatic carbocycles. The van der Waals surface area contributed by atoms with Gasteiger partial charge < -0.3 is 14.4 Å². The van der Waals surface area contributed by atoms with Crippen LogP contribution in [-0.4, -0.2) is 59.0 Å². The first-order chi connectivity index (χ1) is 15.0. The second kappa shape index (κ2) is 9.30. The average Bonchev–Trinajstić information content (AvgIpc) is 2.79. The van der Waals surface area contributed by atoms with E-state index >= 15 is 0 Å². The van der Waals surface area contributed by atoms with Crippen molar-refractivity contribution in [1.82, 2.24) is 14.5 Å². The Morgan fingerprint density at radius 1 is 1.23 bits per heavy atom. The zero-order chi connectivity index (χ0) is 22.0. The molecule has 1 saturated heterocycles. The number of carbonyl (C=O) groups excluding carboxylic acids is 1. The number of methoxy groups -OCH3 is 1. The summed E-state index contributed by atoms with van der Waals surface area (Å²) < 4.78 is 12.3. The van der Waals surface area contributed by atoms with E-state index in [4.69, 9.17) is 26.1 Å². The molecule has 0 saturated carbocycles. The van der Waals surface area contributed by atoms with Crippen molar-refractivity contribution >= 4 is 40.2 Å². The number of benzene rings is 2. The van der Waals surface area contributed by atoms with Crippen molar-refractivity contribution in [2.24, 2.45) is 0 Å². The summed E-state index contributed by atoms with van der Waals surface area (Å²) in [7, 11) is 1.55. The molecule has 1 amide bonds. The van der Waals surface area contributed by atoms with Crippen molar-refractivity contribution in [1.29, 1.82) is 0 Å². The lowest BCUT2D eigenvalue weighted by Crippen LogP contribution is -2.44. The van der Waals surface area contributed by atoms with Crippen LogP contribution in [0.5, 0.6) is 5.75 Å². The highest BCUT2D eigenvalue weighted by Gasteiger charge is 2.26. The molecule has 1 aromatic heterocycles. The molecule has 1 atom stereocenters. The summed E-state index contributed by atoms with van der Waals surface area (Å²) in [4.78, 5) is 32.9. The number of thioether (sulfide) groups is 1. The van der Waals surface area contributed by atoms with Gasteiger partial charge in [-0.2, -0.15) is 0 Å². The van der Waals surface area contributed by atoms with Crippen LogP contribution in [0.3, 0.4) is 0 Å². The zero-order valence-electron chi connectivity index (χ0n) is 17.2. The van der Waals surface area contributed by atoms with Crippen LogP contribution in [0.15, 0.2) is 52.4 Å². The minimum atomic E-state index is -0.442. The number of halogens is 1. The van der Waals surface area contributed by atoms with Crippen molar-refractivity contribution in [3.8, 4) is 11.4 Å². The Bertz CT molecular complexity index is 1180. The first-order valence-corrected chi connectivity index (χ1v) is 11.1. The van der Waals surface area contributed by atoms with Crippen LogP contribution in [-0.2, 0) is 9.53 Å². The number of carbonyl (C=O) groups is 1. The first-order valence-electron chi connectivity index (χ1n) is 9.88. The summed E-state index contributed by atoms with van der Waals surface area (Å²) in [5.74, 6) is 0.522. The monoisotopic (exact) mass is 459 g/mol. The normalized spacial score (nSPS) is 15.1. The number of nitrogens with zero attached hydrogens (tertiary/aromatic N) is 3. The number of para-hydroxylation sites is 2. The van der Waals surface area contributed by atoms with Crippen LogP contribution in [0.2, 0.25) is 5.02 Å². The summed E-state index contributed by atoms with van der Waals surface area (Å²) in [5, 5.41) is 0.885. The smallest absolute Gasteiger partial charge is 0.266 e. The van der Waals surface area contributed by atoms with Crippen molar-refractivity contribution in [2.75, 3.05) is 33.4 Å². The fraction of sp³-hybridized carbons (Fsp3) is 0.318. The van der Waals surface area contributed by atoms with Crippen molar-refractivity contribution in [3.05, 3.63) is 57.8 Å². The third-order valence-electron chi connectivity index (χ3n) is 5.08. The Kier molecular flexibility index (Phi) is 6.50. The highest BCUT2D eigenvalue weighted by molar-refractivity contribution is 8.00. The predicted octanol–water partition coefficient (Wildman–Crippen LogP) is 3.39. The quantitative estimate of drug-likeness (QED) is 0.430. The number of hydrogen-bond donors (Lipinski definition) is 0. The van der Waals surface area contributed by atoms with Crippen LogP contribution < -0.4 is 10.3 Å². The Balaban J connectivity index is 1.82. The zero-order valence-corrected chi connectivity index (χ0v) is 18.8. The third kappa shape index (κ3) is 4.42. The molecule has 1 aliphatic rings. The maximum absolute atomic E-state index is 13.5. The number of rotatable bonds is 5. The van der Waals surface area contributed by atoms with Gasteiger partial charge in [-0.3, -0.25) is 14.2 Å². The van der Waals surface area contributed by atoms with Gasteiger partial charge in [-0.25, -0.2) is 4.98 Å². The molecule has 2 aromatic carbocycles. The SMILES string of the molecule is COc1ccccc1-n1c(SC(C)C(=O)N2CCOCC2)nc2cc(Cl)ccc2c1=O. The minimum absolute atomic E-state index is 0.0136. The molecule has 9 heteroatoms. The second-order valence-electron chi connectivity index (χ2n) is 7.07. The van der Waals surface area contributed by atoms with Gasteiger partial charge in [-0.05, 0) is 37.3 Å². The topological polar surface area (TPSA) is 73.7 Å². The van der Waals surface area contributed by atoms with E-state index in [0.29, 0.717) is 58.8 Å². The van der Waals surface area contributed by atoms with E-state index in [2.05, 4.69) is 0 Å². The lowest BCUT2D eigenvalue weighted by Gasteiger charge is -2.29. The van der Waals surface area contributed by atoms with Gasteiger partial charge in [-0.1, -0.05) is 35.5 Å². The van der Waals surface area contributed by atoms with Gasteiger partial charge in [0.25, 0.3) is 5.56 Å². The molecule has 0 bridgehead atoms. The number of fused-ring (bicyclic) bond motifs is 1. The fourth-order valence-corrected chi connectivity index (χ4v) is 4.66. The van der Waals surface area contributed by atoms with Gasteiger partial charge in [0.1, 0.15) is 5.75 Å². The van der Waals surface area contributed by atoms with Crippen molar-refractivity contribution in [2.45, 2.75) is 17.3 Å². The van der Waals surface area contributed by atoms with Gasteiger partial charge in [-0.15, -0.1) is 0 Å². The molecule has 1 fully saturated rings. The van der Waals surface area contributed by atoms with E-state index < -0.39 is 5.25 Å². The van der Waals surface area contributed by atoms with Crippen molar-refractivity contribution < 1.29 is 14.3 Å². The third-order valence-corrected chi connectivity index (χ3v) is 6.35. The summed E-state index contributed by atoms with van der Waals surface area (Å²) in [6.07, 6.45) is 0. The Morgan fingerprint density at radius 2 is 1.97 bits per heavy atom. The van der Waals surface area contributed by atoms with Crippen LogP contribution in [0.1, 0.15) is 6.92 Å². The van der Waals surface area contributed by atoms with E-state index in [1.54, 1.807) is 42.3 Å². The molecule has 2 heterocycles. The predicted molar refractivity (Wildman–Crippen MR) is 122 cm³/mol. The summed E-state index contributed by atoms with van der Waals surface area (Å²) in [5.41, 5.74) is 0.796. The molecule has 3 aromatic rings. The highest BCUT2D eigenvalue weighted by Crippen LogP contribution is 2.30. The van der Waals surface area contributed by atoms with Crippen LogP contribution in [0, 0.1) is 0 Å². The van der Waals surface area contributed by atoms with E-state index in [9.17, 15) is 9.59 Å². The van der Waals surface area contributed by atoms with Crippen LogP contribution >= 0.6 is 23.4 Å². The number of ether oxygens (including phenoxy) is 2. The molecule has 7 nitrogen and oxygen atoms in total. The summed E-state index contributed by atoms with van der Waals surface area (Å²) in [6, 6.07) is 12.2. The van der Waals surface area contributed by atoms with Crippen LogP contribution in [0.25, 0.3) is 16.6 Å². The van der Waals surface area contributed by atoms with E-state index in [0.717, 1.165) is 0 Å². The highest BCUT2D eigenvalue weighted by atomic mass is 35.5. The molecule has 31 heavy (non-hydrogen) atoms. The average molecular weight is 460 g/mol. The maximum atomic E-state index is 13.5. The maximum Gasteiger partial charge on any atom is 0.266 e. The van der Waals surface area contributed by atoms with Crippen molar-refractivity contribution in [3.63, 3.8) is 0 Å². The van der Waals surface area contributed by atoms with Gasteiger partial charge in [0.2, 0.25) is 5.91 Å².